The van der Waals surface area contributed by atoms with Crippen molar-refractivity contribution in [2.75, 3.05) is 13.6 Å². The van der Waals surface area contributed by atoms with Crippen molar-refractivity contribution < 1.29 is 4.74 Å². The van der Waals surface area contributed by atoms with Gasteiger partial charge in [0, 0.05) is 6.42 Å². The van der Waals surface area contributed by atoms with Crippen LogP contribution in [0.3, 0.4) is 0 Å². The van der Waals surface area contributed by atoms with Crippen molar-refractivity contribution in [3.8, 4) is 0 Å². The first-order chi connectivity index (χ1) is 6.84. The third-order valence-corrected chi connectivity index (χ3v) is 2.54. The zero-order chi connectivity index (χ0) is 10.2. The Labute approximate surface area is 87.0 Å². The van der Waals surface area contributed by atoms with Gasteiger partial charge in [0.15, 0.2) is 0 Å². The molecule has 14 heavy (non-hydrogen) atoms. The van der Waals surface area contributed by atoms with Crippen molar-refractivity contribution in [1.29, 1.82) is 0 Å². The van der Waals surface area contributed by atoms with Gasteiger partial charge in [-0.15, -0.1) is 0 Å². The Morgan fingerprint density at radius 2 is 2.36 bits per heavy atom. The molecule has 0 aromatic heterocycles. The first-order valence-corrected chi connectivity index (χ1v) is 5.49. The lowest BCUT2D eigenvalue weighted by Crippen LogP contribution is -2.08. The Hall–Kier alpha value is -0.760. The molecule has 1 rings (SSSR count). The highest BCUT2D eigenvalue weighted by Gasteiger charge is 2.05. The van der Waals surface area contributed by atoms with Gasteiger partial charge in [-0.3, -0.25) is 0 Å². The van der Waals surface area contributed by atoms with Crippen LogP contribution >= 0.6 is 0 Å². The molecule has 0 fully saturated rings. The predicted octanol–water partition coefficient (Wildman–Crippen LogP) is 2.97. The number of ether oxygens (including phenoxy) is 1. The molecule has 1 heterocycles. The first kappa shape index (κ1) is 11.3. The lowest BCUT2D eigenvalue weighted by molar-refractivity contribution is 0.317. The summed E-state index contributed by atoms with van der Waals surface area (Å²) in [4.78, 5) is 0. The zero-order valence-corrected chi connectivity index (χ0v) is 9.31. The van der Waals surface area contributed by atoms with E-state index in [-0.39, 0.29) is 0 Å². The van der Waals surface area contributed by atoms with Crippen LogP contribution in [0.2, 0.25) is 0 Å². The summed E-state index contributed by atoms with van der Waals surface area (Å²) in [7, 11) is 1.99. The summed E-state index contributed by atoms with van der Waals surface area (Å²) in [6, 6.07) is 0. The van der Waals surface area contributed by atoms with E-state index in [9.17, 15) is 0 Å². The van der Waals surface area contributed by atoms with Crippen molar-refractivity contribution >= 4 is 0 Å². The number of hydrogen-bond donors (Lipinski definition) is 1. The van der Waals surface area contributed by atoms with Crippen LogP contribution in [0.15, 0.2) is 23.7 Å². The zero-order valence-electron chi connectivity index (χ0n) is 9.31. The van der Waals surface area contributed by atoms with E-state index in [2.05, 4.69) is 18.3 Å². The van der Waals surface area contributed by atoms with E-state index >= 15 is 0 Å². The highest BCUT2D eigenvalue weighted by molar-refractivity contribution is 5.08. The topological polar surface area (TPSA) is 21.3 Å². The summed E-state index contributed by atoms with van der Waals surface area (Å²) in [5, 5.41) is 3.15. The molecule has 1 aliphatic rings. The lowest BCUT2D eigenvalue weighted by atomic mass is 10.1. The molecule has 2 nitrogen and oxygen atoms in total. The van der Waals surface area contributed by atoms with Gasteiger partial charge in [0.05, 0.1) is 6.26 Å². The summed E-state index contributed by atoms with van der Waals surface area (Å²) < 4.78 is 5.61. The van der Waals surface area contributed by atoms with Gasteiger partial charge < -0.3 is 10.1 Å². The van der Waals surface area contributed by atoms with Crippen LogP contribution in [-0.4, -0.2) is 13.6 Å². The number of hydrogen-bond acceptors (Lipinski definition) is 2. The molecular formula is C12H21NO. The van der Waals surface area contributed by atoms with E-state index in [4.69, 9.17) is 4.74 Å². The summed E-state index contributed by atoms with van der Waals surface area (Å²) in [6.07, 6.45) is 9.73. The fraction of sp³-hybridized carbons (Fsp3) is 0.667. The van der Waals surface area contributed by atoms with Crippen LogP contribution in [0.5, 0.6) is 0 Å². The lowest BCUT2D eigenvalue weighted by Gasteiger charge is -2.13. The third kappa shape index (κ3) is 3.97. The molecule has 0 unspecified atom stereocenters. The number of allylic oxidation sites excluding steroid dienone is 3. The van der Waals surface area contributed by atoms with Crippen molar-refractivity contribution in [3.63, 3.8) is 0 Å². The molecule has 0 saturated carbocycles. The average Bonchev–Trinajstić information content (AvgIpc) is 2.17. The Kier molecular flexibility index (Phi) is 5.38. The summed E-state index contributed by atoms with van der Waals surface area (Å²) in [6.45, 7) is 3.25. The largest absolute Gasteiger partial charge is 0.470 e. The highest BCUT2D eigenvalue weighted by Crippen LogP contribution is 2.20. The molecule has 0 saturated heterocycles. The quantitative estimate of drug-likeness (QED) is 0.696. The monoisotopic (exact) mass is 195 g/mol. The fourth-order valence-corrected chi connectivity index (χ4v) is 1.62. The molecule has 0 aromatic rings. The second-order valence-electron chi connectivity index (χ2n) is 3.79. The van der Waals surface area contributed by atoms with Crippen LogP contribution < -0.4 is 5.32 Å². The van der Waals surface area contributed by atoms with Gasteiger partial charge in [-0.05, 0) is 57.8 Å². The maximum atomic E-state index is 5.61. The van der Waals surface area contributed by atoms with E-state index in [1.165, 1.54) is 24.2 Å². The Morgan fingerprint density at radius 1 is 1.50 bits per heavy atom. The average molecular weight is 195 g/mol. The first-order valence-electron chi connectivity index (χ1n) is 5.49. The maximum Gasteiger partial charge on any atom is 0.102 e. The molecular weight excluding hydrogens is 174 g/mol. The van der Waals surface area contributed by atoms with Crippen molar-refractivity contribution in [3.05, 3.63) is 23.7 Å². The molecule has 0 bridgehead atoms. The Balaban J connectivity index is 2.44. The molecule has 1 aliphatic heterocycles. The van der Waals surface area contributed by atoms with Gasteiger partial charge in [0.1, 0.15) is 5.76 Å². The normalized spacial score (nSPS) is 25.0. The molecule has 0 radical (unpaired) electrons. The van der Waals surface area contributed by atoms with Crippen LogP contribution in [0.1, 0.15) is 39.0 Å². The van der Waals surface area contributed by atoms with Gasteiger partial charge in [-0.1, -0.05) is 0 Å². The van der Waals surface area contributed by atoms with Crippen molar-refractivity contribution in [2.45, 2.75) is 39.0 Å². The van der Waals surface area contributed by atoms with E-state index in [0.717, 1.165) is 25.8 Å². The summed E-state index contributed by atoms with van der Waals surface area (Å²) in [5.74, 6) is 1.18. The standard InChI is InChI=1S/C12H21NO/c1-11-7-4-3-5-10-14-12(11)8-6-9-13-2/h5,10,13H,3-4,6-9H2,1-2H3/b10-5+,12-11-. The minimum Gasteiger partial charge on any atom is -0.470 e. The van der Waals surface area contributed by atoms with Crippen LogP contribution in [0, 0.1) is 0 Å². The second-order valence-corrected chi connectivity index (χ2v) is 3.79. The molecule has 0 atom stereocenters. The molecule has 1 N–H and O–H groups in total. The Bertz CT molecular complexity index is 218. The van der Waals surface area contributed by atoms with Gasteiger partial charge in [-0.2, -0.15) is 0 Å². The fourth-order valence-electron chi connectivity index (χ4n) is 1.62. The summed E-state index contributed by atoms with van der Waals surface area (Å²) >= 11 is 0. The number of nitrogens with one attached hydrogen (secondary N) is 1. The van der Waals surface area contributed by atoms with E-state index < -0.39 is 0 Å². The SMILES string of the molecule is CNCCC/C1=C(\C)CCC/C=C/O1. The Morgan fingerprint density at radius 3 is 3.14 bits per heavy atom. The van der Waals surface area contributed by atoms with Crippen molar-refractivity contribution in [2.24, 2.45) is 0 Å². The van der Waals surface area contributed by atoms with E-state index in [0.29, 0.717) is 0 Å². The van der Waals surface area contributed by atoms with Crippen LogP contribution in [-0.2, 0) is 4.74 Å². The third-order valence-electron chi connectivity index (χ3n) is 2.54. The predicted molar refractivity (Wildman–Crippen MR) is 59.9 cm³/mol. The van der Waals surface area contributed by atoms with Crippen molar-refractivity contribution in [1.82, 2.24) is 5.32 Å². The van der Waals surface area contributed by atoms with Crippen LogP contribution in [0.25, 0.3) is 0 Å². The van der Waals surface area contributed by atoms with E-state index in [1.807, 2.05) is 13.3 Å². The molecule has 0 spiro atoms. The minimum absolute atomic E-state index is 1.05. The molecule has 2 heteroatoms. The second kappa shape index (κ2) is 6.66. The van der Waals surface area contributed by atoms with Crippen LogP contribution in [0.4, 0.5) is 0 Å². The molecule has 0 aliphatic carbocycles. The minimum atomic E-state index is 1.05. The molecule has 0 amide bonds. The van der Waals surface area contributed by atoms with Gasteiger partial charge in [-0.25, -0.2) is 0 Å². The van der Waals surface area contributed by atoms with Gasteiger partial charge >= 0.3 is 0 Å². The smallest absolute Gasteiger partial charge is 0.102 e. The highest BCUT2D eigenvalue weighted by atomic mass is 16.5. The van der Waals surface area contributed by atoms with E-state index in [1.54, 1.807) is 0 Å². The summed E-state index contributed by atoms with van der Waals surface area (Å²) in [5.41, 5.74) is 1.42. The number of rotatable bonds is 4. The molecule has 80 valence electrons. The van der Waals surface area contributed by atoms with Gasteiger partial charge in [0.25, 0.3) is 0 Å². The molecule has 0 aromatic carbocycles. The van der Waals surface area contributed by atoms with Gasteiger partial charge in [0.2, 0.25) is 0 Å². The maximum absolute atomic E-state index is 5.61.